The summed E-state index contributed by atoms with van der Waals surface area (Å²) >= 11 is 5.85. The number of hydrogen-bond acceptors (Lipinski definition) is 4. The third-order valence-electron chi connectivity index (χ3n) is 2.83. The summed E-state index contributed by atoms with van der Waals surface area (Å²) in [6, 6.07) is 13.4. The number of benzene rings is 2. The lowest BCUT2D eigenvalue weighted by molar-refractivity contribution is 0.0921. The third kappa shape index (κ3) is 3.74. The highest BCUT2D eigenvalue weighted by Gasteiger charge is 2.10. The number of ether oxygens (including phenoxy) is 2. The second-order valence-electron chi connectivity index (χ2n) is 4.19. The normalized spacial score (nSPS) is 9.76. The number of methoxy groups -OCH3 is 1. The quantitative estimate of drug-likeness (QED) is 0.793. The van der Waals surface area contributed by atoms with Gasteiger partial charge in [0, 0.05) is 16.7 Å². The van der Waals surface area contributed by atoms with Gasteiger partial charge in [0.05, 0.1) is 12.7 Å². The van der Waals surface area contributed by atoms with Crippen molar-refractivity contribution in [3.05, 3.63) is 58.6 Å². The van der Waals surface area contributed by atoms with E-state index < -0.39 is 0 Å². The molecule has 0 unspecified atom stereocenters. The maximum Gasteiger partial charge on any atom is 0.200 e. The van der Waals surface area contributed by atoms with Crippen LogP contribution in [0.3, 0.4) is 0 Å². The van der Waals surface area contributed by atoms with Gasteiger partial charge >= 0.3 is 0 Å². The van der Waals surface area contributed by atoms with E-state index in [2.05, 4.69) is 0 Å². The molecule has 0 atom stereocenters. The smallest absolute Gasteiger partial charge is 0.200 e. The van der Waals surface area contributed by atoms with Gasteiger partial charge in [0.25, 0.3) is 0 Å². The molecule has 21 heavy (non-hydrogen) atoms. The summed E-state index contributed by atoms with van der Waals surface area (Å²) in [6.07, 6.45) is 0. The number of halogens is 1. The van der Waals surface area contributed by atoms with Gasteiger partial charge in [-0.05, 0) is 36.4 Å². The van der Waals surface area contributed by atoms with Gasteiger partial charge in [-0.2, -0.15) is 5.26 Å². The number of ketones is 1. The zero-order chi connectivity index (χ0) is 15.2. The first-order valence-corrected chi connectivity index (χ1v) is 6.51. The lowest BCUT2D eigenvalue weighted by atomic mass is 10.1. The molecule has 4 nitrogen and oxygen atoms in total. The highest BCUT2D eigenvalue weighted by molar-refractivity contribution is 6.30. The van der Waals surface area contributed by atoms with E-state index in [4.69, 9.17) is 26.3 Å². The van der Waals surface area contributed by atoms with Crippen LogP contribution in [0, 0.1) is 11.3 Å². The van der Waals surface area contributed by atoms with Crippen LogP contribution in [0.5, 0.6) is 11.5 Å². The molecule has 0 aliphatic carbocycles. The summed E-state index contributed by atoms with van der Waals surface area (Å²) < 4.78 is 10.4. The topological polar surface area (TPSA) is 59.3 Å². The predicted molar refractivity (Wildman–Crippen MR) is 79.0 cm³/mol. The van der Waals surface area contributed by atoms with Crippen LogP contribution in [-0.4, -0.2) is 19.5 Å². The van der Waals surface area contributed by atoms with E-state index in [1.54, 1.807) is 43.5 Å². The van der Waals surface area contributed by atoms with Crippen LogP contribution in [0.15, 0.2) is 42.5 Å². The first kappa shape index (κ1) is 14.9. The highest BCUT2D eigenvalue weighted by atomic mass is 35.5. The summed E-state index contributed by atoms with van der Waals surface area (Å²) in [5.41, 5.74) is 0.846. The van der Waals surface area contributed by atoms with Gasteiger partial charge in [0.1, 0.15) is 17.6 Å². The molecule has 0 spiro atoms. The fraction of sp³-hybridized carbons (Fsp3) is 0.125. The van der Waals surface area contributed by atoms with Crippen molar-refractivity contribution in [2.75, 3.05) is 13.7 Å². The van der Waals surface area contributed by atoms with Gasteiger partial charge in [-0.1, -0.05) is 11.6 Å². The lowest BCUT2D eigenvalue weighted by Gasteiger charge is -2.08. The minimum Gasteiger partial charge on any atom is -0.497 e. The van der Waals surface area contributed by atoms with Gasteiger partial charge in [0.15, 0.2) is 12.4 Å². The van der Waals surface area contributed by atoms with E-state index in [1.165, 1.54) is 6.07 Å². The molecule has 0 heterocycles. The second kappa shape index (κ2) is 6.78. The summed E-state index contributed by atoms with van der Waals surface area (Å²) in [6.45, 7) is -0.165. The largest absolute Gasteiger partial charge is 0.497 e. The Labute approximate surface area is 127 Å². The maximum atomic E-state index is 12.0. The highest BCUT2D eigenvalue weighted by Crippen LogP contribution is 2.23. The van der Waals surface area contributed by atoms with Crippen molar-refractivity contribution in [1.29, 1.82) is 5.26 Å². The van der Waals surface area contributed by atoms with Gasteiger partial charge in [-0.15, -0.1) is 0 Å². The monoisotopic (exact) mass is 301 g/mol. The molecule has 0 saturated heterocycles. The number of rotatable bonds is 5. The van der Waals surface area contributed by atoms with E-state index >= 15 is 0 Å². The molecule has 0 aliphatic rings. The van der Waals surface area contributed by atoms with E-state index in [0.717, 1.165) is 0 Å². The molecular formula is C16H12ClNO3. The van der Waals surface area contributed by atoms with Crippen molar-refractivity contribution >= 4 is 17.4 Å². The Kier molecular flexibility index (Phi) is 4.81. The van der Waals surface area contributed by atoms with Crippen LogP contribution in [0.2, 0.25) is 5.02 Å². The van der Waals surface area contributed by atoms with Crippen LogP contribution in [-0.2, 0) is 0 Å². The number of nitriles is 1. The lowest BCUT2D eigenvalue weighted by Crippen LogP contribution is -2.12. The summed E-state index contributed by atoms with van der Waals surface area (Å²) in [5.74, 6) is 0.780. The maximum absolute atomic E-state index is 12.0. The Bertz CT molecular complexity index is 690. The van der Waals surface area contributed by atoms with Crippen molar-refractivity contribution < 1.29 is 14.3 Å². The predicted octanol–water partition coefficient (Wildman–Crippen LogP) is 3.48. The van der Waals surface area contributed by atoms with Crippen LogP contribution >= 0.6 is 11.6 Å². The molecule has 0 fully saturated rings. The van der Waals surface area contributed by atoms with E-state index in [1.807, 2.05) is 6.07 Å². The van der Waals surface area contributed by atoms with Crippen LogP contribution in [0.25, 0.3) is 0 Å². The van der Waals surface area contributed by atoms with Gasteiger partial charge in [-0.3, -0.25) is 4.79 Å². The van der Waals surface area contributed by atoms with Gasteiger partial charge in [0.2, 0.25) is 0 Å². The molecule has 0 saturated carbocycles. The Morgan fingerprint density at radius 1 is 1.24 bits per heavy atom. The Balaban J connectivity index is 2.07. The molecule has 0 aliphatic heterocycles. The molecule has 2 aromatic rings. The molecule has 0 radical (unpaired) electrons. The van der Waals surface area contributed by atoms with Crippen LogP contribution in [0.4, 0.5) is 0 Å². The van der Waals surface area contributed by atoms with Crippen molar-refractivity contribution in [2.45, 2.75) is 0 Å². The molecule has 2 aromatic carbocycles. The SMILES string of the molecule is COc1ccc(C(=O)COc2cc(Cl)ccc2C#N)cc1. The number of carbonyl (C=O) groups excluding carboxylic acids is 1. The zero-order valence-electron chi connectivity index (χ0n) is 11.3. The molecule has 2 rings (SSSR count). The standard InChI is InChI=1S/C16H12ClNO3/c1-20-14-6-3-11(4-7-14)15(19)10-21-16-8-13(17)5-2-12(16)9-18/h2-8H,10H2,1H3. The average molecular weight is 302 g/mol. The van der Waals surface area contributed by atoms with E-state index in [0.29, 0.717) is 27.6 Å². The van der Waals surface area contributed by atoms with Crippen molar-refractivity contribution in [2.24, 2.45) is 0 Å². The summed E-state index contributed by atoms with van der Waals surface area (Å²) in [4.78, 5) is 12.0. The van der Waals surface area contributed by atoms with Crippen molar-refractivity contribution in [1.82, 2.24) is 0 Å². The molecule has 0 N–H and O–H groups in total. The average Bonchev–Trinajstić information content (AvgIpc) is 2.52. The number of carbonyl (C=O) groups is 1. The molecular weight excluding hydrogens is 290 g/mol. The van der Waals surface area contributed by atoms with Crippen molar-refractivity contribution in [3.8, 4) is 17.6 Å². The van der Waals surface area contributed by atoms with Gasteiger partial charge in [-0.25, -0.2) is 0 Å². The van der Waals surface area contributed by atoms with E-state index in [-0.39, 0.29) is 12.4 Å². The Hall–Kier alpha value is -2.51. The molecule has 0 aromatic heterocycles. The number of nitrogens with zero attached hydrogens (tertiary/aromatic N) is 1. The van der Waals surface area contributed by atoms with Crippen LogP contribution < -0.4 is 9.47 Å². The third-order valence-corrected chi connectivity index (χ3v) is 3.07. The summed E-state index contributed by atoms with van der Waals surface area (Å²) in [7, 11) is 1.56. The molecule has 106 valence electrons. The Morgan fingerprint density at radius 2 is 1.95 bits per heavy atom. The first-order valence-electron chi connectivity index (χ1n) is 6.13. The fourth-order valence-corrected chi connectivity index (χ4v) is 1.87. The molecule has 0 amide bonds. The minimum absolute atomic E-state index is 0.165. The molecule has 5 heteroatoms. The Morgan fingerprint density at radius 3 is 2.57 bits per heavy atom. The fourth-order valence-electron chi connectivity index (χ4n) is 1.71. The number of Topliss-reactive ketones (excluding diaryl/α,β-unsaturated/α-hetero) is 1. The van der Waals surface area contributed by atoms with Crippen molar-refractivity contribution in [3.63, 3.8) is 0 Å². The minimum atomic E-state index is -0.193. The zero-order valence-corrected chi connectivity index (χ0v) is 12.1. The molecule has 0 bridgehead atoms. The number of hydrogen-bond donors (Lipinski definition) is 0. The van der Waals surface area contributed by atoms with E-state index in [9.17, 15) is 4.79 Å². The summed E-state index contributed by atoms with van der Waals surface area (Å²) in [5, 5.41) is 9.42. The van der Waals surface area contributed by atoms with Gasteiger partial charge < -0.3 is 9.47 Å². The first-order chi connectivity index (χ1) is 10.1. The van der Waals surface area contributed by atoms with Crippen LogP contribution in [0.1, 0.15) is 15.9 Å². The second-order valence-corrected chi connectivity index (χ2v) is 4.63.